The molecule has 9 nitrogen and oxygen atoms in total. The van der Waals surface area contributed by atoms with E-state index in [9.17, 15) is 9.59 Å². The molecule has 2 aliphatic heterocycles. The summed E-state index contributed by atoms with van der Waals surface area (Å²) in [6.45, 7) is 10.5. The summed E-state index contributed by atoms with van der Waals surface area (Å²) in [5.41, 5.74) is 0.399. The number of amides is 2. The lowest BCUT2D eigenvalue weighted by molar-refractivity contribution is -0.133. The van der Waals surface area contributed by atoms with Crippen LogP contribution in [-0.4, -0.2) is 100 Å². The number of carbonyl (C=O) groups excluding carboxylic acids is 2. The molecule has 2 aliphatic rings. The standard InChI is InChI=1S/C18H31N7O2.2ClH/c1-3-22(4-2)14-17(26)23-9-11-24(12-10-23)18(27)16-13-25(21-20-16)15-5-7-19-8-6-15;;/h13,15,19H,3-12,14H2,1-2H3;2*1H. The van der Waals surface area contributed by atoms with Gasteiger partial charge in [0, 0.05) is 26.2 Å². The summed E-state index contributed by atoms with van der Waals surface area (Å²) < 4.78 is 1.83. The fourth-order valence-corrected chi connectivity index (χ4v) is 3.68. The zero-order valence-corrected chi connectivity index (χ0v) is 18.9. The Hall–Kier alpha value is -1.42. The Bertz CT molecular complexity index is 640. The van der Waals surface area contributed by atoms with Crippen LogP contribution in [0.25, 0.3) is 0 Å². The largest absolute Gasteiger partial charge is 0.338 e. The van der Waals surface area contributed by atoms with Crippen LogP contribution in [0.4, 0.5) is 0 Å². The van der Waals surface area contributed by atoms with Gasteiger partial charge in [-0.15, -0.1) is 29.9 Å². The van der Waals surface area contributed by atoms with Crippen LogP contribution in [0.5, 0.6) is 0 Å². The summed E-state index contributed by atoms with van der Waals surface area (Å²) in [6.07, 6.45) is 3.78. The number of nitrogens with one attached hydrogen (secondary N) is 1. The first-order valence-electron chi connectivity index (χ1n) is 10.0. The van der Waals surface area contributed by atoms with E-state index < -0.39 is 0 Å². The Labute approximate surface area is 185 Å². The maximum Gasteiger partial charge on any atom is 0.276 e. The van der Waals surface area contributed by atoms with E-state index in [4.69, 9.17) is 0 Å². The number of hydrogen-bond acceptors (Lipinski definition) is 6. The predicted molar refractivity (Wildman–Crippen MR) is 116 cm³/mol. The van der Waals surface area contributed by atoms with Crippen LogP contribution in [0.1, 0.15) is 43.2 Å². The van der Waals surface area contributed by atoms with Gasteiger partial charge in [-0.05, 0) is 39.0 Å². The molecule has 166 valence electrons. The highest BCUT2D eigenvalue weighted by Crippen LogP contribution is 2.17. The lowest BCUT2D eigenvalue weighted by atomic mass is 10.1. The Morgan fingerprint density at radius 3 is 2.24 bits per heavy atom. The summed E-state index contributed by atoms with van der Waals surface area (Å²) in [6, 6.07) is 0.315. The Balaban J connectivity index is 0.00000210. The summed E-state index contributed by atoms with van der Waals surface area (Å²) in [5.74, 6) is 0.0497. The number of rotatable bonds is 6. The number of aromatic nitrogens is 3. The van der Waals surface area contributed by atoms with Gasteiger partial charge in [0.25, 0.3) is 5.91 Å². The lowest BCUT2D eigenvalue weighted by Crippen LogP contribution is -2.52. The highest BCUT2D eigenvalue weighted by Gasteiger charge is 2.27. The third-order valence-corrected chi connectivity index (χ3v) is 5.59. The van der Waals surface area contributed by atoms with Gasteiger partial charge in [-0.1, -0.05) is 19.1 Å². The molecular formula is C18H33Cl2N7O2. The smallest absolute Gasteiger partial charge is 0.276 e. The quantitative estimate of drug-likeness (QED) is 0.686. The summed E-state index contributed by atoms with van der Waals surface area (Å²) in [4.78, 5) is 30.9. The van der Waals surface area contributed by atoms with Crippen LogP contribution in [-0.2, 0) is 4.79 Å². The zero-order valence-electron chi connectivity index (χ0n) is 17.2. The van der Waals surface area contributed by atoms with Crippen molar-refractivity contribution in [2.24, 2.45) is 0 Å². The number of likely N-dealkylation sites (N-methyl/N-ethyl adjacent to an activating group) is 1. The van der Waals surface area contributed by atoms with Gasteiger partial charge in [-0.3, -0.25) is 14.5 Å². The van der Waals surface area contributed by atoms with E-state index in [1.807, 2.05) is 9.58 Å². The van der Waals surface area contributed by atoms with Crippen molar-refractivity contribution in [3.63, 3.8) is 0 Å². The van der Waals surface area contributed by atoms with Crippen molar-refractivity contribution in [1.82, 2.24) is 35.0 Å². The predicted octanol–water partition coefficient (Wildman–Crippen LogP) is 0.672. The summed E-state index contributed by atoms with van der Waals surface area (Å²) >= 11 is 0. The van der Waals surface area contributed by atoms with Gasteiger partial charge in [-0.2, -0.15) is 0 Å². The maximum absolute atomic E-state index is 12.7. The van der Waals surface area contributed by atoms with Gasteiger partial charge in [0.05, 0.1) is 18.8 Å². The maximum atomic E-state index is 12.7. The van der Waals surface area contributed by atoms with Crippen LogP contribution in [0.2, 0.25) is 0 Å². The molecule has 2 saturated heterocycles. The number of nitrogens with zero attached hydrogens (tertiary/aromatic N) is 6. The number of halogens is 2. The minimum absolute atomic E-state index is 0. The zero-order chi connectivity index (χ0) is 19.2. The van der Waals surface area contributed by atoms with E-state index in [-0.39, 0.29) is 36.6 Å². The first-order valence-corrected chi connectivity index (χ1v) is 10.0. The Morgan fingerprint density at radius 2 is 1.66 bits per heavy atom. The van der Waals surface area contributed by atoms with E-state index in [1.54, 1.807) is 11.1 Å². The lowest BCUT2D eigenvalue weighted by Gasteiger charge is -2.35. The van der Waals surface area contributed by atoms with Crippen molar-refractivity contribution in [2.75, 3.05) is 58.9 Å². The van der Waals surface area contributed by atoms with Crippen molar-refractivity contribution in [1.29, 1.82) is 0 Å². The summed E-state index contributed by atoms with van der Waals surface area (Å²) in [5, 5.41) is 11.6. The van der Waals surface area contributed by atoms with Crippen LogP contribution < -0.4 is 5.32 Å². The SMILES string of the molecule is CCN(CC)CC(=O)N1CCN(C(=O)c2cn(C3CCNCC3)nn2)CC1.Cl.Cl. The van der Waals surface area contributed by atoms with Gasteiger partial charge in [0.1, 0.15) is 0 Å². The topological polar surface area (TPSA) is 86.6 Å². The van der Waals surface area contributed by atoms with Gasteiger partial charge >= 0.3 is 0 Å². The molecule has 11 heteroatoms. The van der Waals surface area contributed by atoms with E-state index in [0.29, 0.717) is 44.5 Å². The fraction of sp³-hybridized carbons (Fsp3) is 0.778. The minimum Gasteiger partial charge on any atom is -0.338 e. The van der Waals surface area contributed by atoms with Crippen molar-refractivity contribution in [3.05, 3.63) is 11.9 Å². The van der Waals surface area contributed by atoms with Crippen LogP contribution in [0.3, 0.4) is 0 Å². The highest BCUT2D eigenvalue weighted by molar-refractivity contribution is 5.92. The number of piperazine rings is 1. The molecule has 0 radical (unpaired) electrons. The third kappa shape index (κ3) is 6.53. The molecule has 1 N–H and O–H groups in total. The van der Waals surface area contributed by atoms with Crippen molar-refractivity contribution in [3.8, 4) is 0 Å². The number of carbonyl (C=O) groups is 2. The van der Waals surface area contributed by atoms with Gasteiger partial charge in [0.2, 0.25) is 5.91 Å². The minimum atomic E-state index is -0.0916. The molecule has 1 aromatic heterocycles. The van der Waals surface area contributed by atoms with E-state index in [2.05, 4.69) is 34.4 Å². The molecule has 29 heavy (non-hydrogen) atoms. The Morgan fingerprint density at radius 1 is 1.07 bits per heavy atom. The van der Waals surface area contributed by atoms with Gasteiger partial charge in [-0.25, -0.2) is 4.68 Å². The normalized spacial score (nSPS) is 17.6. The first-order chi connectivity index (χ1) is 13.1. The molecule has 3 heterocycles. The van der Waals surface area contributed by atoms with Crippen molar-refractivity contribution >= 4 is 36.6 Å². The first kappa shape index (κ1) is 25.6. The fourth-order valence-electron chi connectivity index (χ4n) is 3.68. The molecule has 0 aliphatic carbocycles. The van der Waals surface area contributed by atoms with Crippen LogP contribution >= 0.6 is 24.8 Å². The second-order valence-electron chi connectivity index (χ2n) is 7.20. The second kappa shape index (κ2) is 12.3. The van der Waals surface area contributed by atoms with Crippen LogP contribution in [0.15, 0.2) is 6.20 Å². The molecular weight excluding hydrogens is 417 g/mol. The molecule has 0 atom stereocenters. The molecule has 3 rings (SSSR count). The average molecular weight is 450 g/mol. The molecule has 0 spiro atoms. The van der Waals surface area contributed by atoms with Crippen LogP contribution in [0, 0.1) is 0 Å². The molecule has 1 aromatic rings. The second-order valence-corrected chi connectivity index (χ2v) is 7.20. The molecule has 0 unspecified atom stereocenters. The molecule has 2 fully saturated rings. The molecule has 0 saturated carbocycles. The van der Waals surface area contributed by atoms with Gasteiger partial charge < -0.3 is 15.1 Å². The molecule has 0 aromatic carbocycles. The van der Waals surface area contributed by atoms with Crippen molar-refractivity contribution in [2.45, 2.75) is 32.7 Å². The highest BCUT2D eigenvalue weighted by atomic mass is 35.5. The third-order valence-electron chi connectivity index (χ3n) is 5.59. The molecule has 0 bridgehead atoms. The number of hydrogen-bond donors (Lipinski definition) is 1. The monoisotopic (exact) mass is 449 g/mol. The average Bonchev–Trinajstić information content (AvgIpc) is 3.22. The van der Waals surface area contributed by atoms with E-state index in [0.717, 1.165) is 39.0 Å². The molecule has 2 amide bonds. The number of piperidine rings is 1. The van der Waals surface area contributed by atoms with Crippen molar-refractivity contribution < 1.29 is 9.59 Å². The van der Waals surface area contributed by atoms with E-state index in [1.165, 1.54) is 0 Å². The Kier molecular flexibility index (Phi) is 10.9. The van der Waals surface area contributed by atoms with Gasteiger partial charge in [0.15, 0.2) is 5.69 Å². The van der Waals surface area contributed by atoms with E-state index >= 15 is 0 Å². The summed E-state index contributed by atoms with van der Waals surface area (Å²) in [7, 11) is 0.